The molecule has 0 aromatic rings. The molecular formula is C57H113N11O6. The Bertz CT molecular complexity index is 1450. The van der Waals surface area contributed by atoms with Crippen LogP contribution in [0.1, 0.15) is 264 Å². The van der Waals surface area contributed by atoms with E-state index in [0.717, 1.165) is 38.5 Å². The number of unbranched alkanes of at least 4 members (excludes halogenated alkanes) is 27. The van der Waals surface area contributed by atoms with Crippen LogP contribution < -0.4 is 54.8 Å². The number of guanidine groups is 1. The Morgan fingerprint density at radius 1 is 0.378 bits per heavy atom. The van der Waals surface area contributed by atoms with Gasteiger partial charge in [0, 0.05) is 33.0 Å². The summed E-state index contributed by atoms with van der Waals surface area (Å²) in [6.07, 6.45) is 37.5. The van der Waals surface area contributed by atoms with Crippen LogP contribution in [0.5, 0.6) is 0 Å². The molecule has 0 saturated carbocycles. The number of amides is 6. The van der Waals surface area contributed by atoms with E-state index >= 15 is 0 Å². The average molecular weight is 1050 g/mol. The molecule has 432 valence electrons. The predicted molar refractivity (Wildman–Crippen MR) is 305 cm³/mol. The maximum absolute atomic E-state index is 14.2. The molecule has 0 spiro atoms. The molecule has 0 rings (SSSR count). The summed E-state index contributed by atoms with van der Waals surface area (Å²) >= 11 is 0. The fourth-order valence-corrected chi connectivity index (χ4v) is 9.22. The van der Waals surface area contributed by atoms with E-state index in [0.29, 0.717) is 90.3 Å². The number of carbonyl (C=O) groups is 6. The summed E-state index contributed by atoms with van der Waals surface area (Å²) in [6, 6.07) is -3.90. The third kappa shape index (κ3) is 42.3. The molecule has 0 aliphatic rings. The third-order valence-electron chi connectivity index (χ3n) is 13.9. The van der Waals surface area contributed by atoms with E-state index in [1.165, 1.54) is 129 Å². The summed E-state index contributed by atoms with van der Waals surface area (Å²) in [7, 11) is 1.49. The van der Waals surface area contributed by atoms with Gasteiger partial charge in [-0.15, -0.1) is 0 Å². The van der Waals surface area contributed by atoms with Crippen LogP contribution in [0.3, 0.4) is 0 Å². The van der Waals surface area contributed by atoms with Crippen LogP contribution in [0.4, 0.5) is 0 Å². The van der Waals surface area contributed by atoms with Crippen LogP contribution in [0.25, 0.3) is 0 Å². The van der Waals surface area contributed by atoms with Crippen LogP contribution in [0, 0.1) is 0 Å². The second-order valence-electron chi connectivity index (χ2n) is 20.8. The number of nitrogens with one attached hydrogen (secondary N) is 6. The highest BCUT2D eigenvalue weighted by Crippen LogP contribution is 2.16. The highest BCUT2D eigenvalue weighted by Gasteiger charge is 2.31. The molecule has 0 aromatic heterocycles. The van der Waals surface area contributed by atoms with Crippen LogP contribution in [-0.2, 0) is 28.8 Å². The van der Waals surface area contributed by atoms with Gasteiger partial charge in [0.05, 0.1) is 0 Å². The molecule has 14 N–H and O–H groups in total. The molecule has 17 nitrogen and oxygen atoms in total. The molecule has 0 fully saturated rings. The summed E-state index contributed by atoms with van der Waals surface area (Å²) in [5.41, 5.74) is 22.6. The van der Waals surface area contributed by atoms with Gasteiger partial charge < -0.3 is 54.8 Å². The number of carbonyl (C=O) groups excluding carboxylic acids is 6. The second-order valence-corrected chi connectivity index (χ2v) is 20.8. The largest absolute Gasteiger partial charge is 0.370 e. The van der Waals surface area contributed by atoms with E-state index in [4.69, 9.17) is 22.9 Å². The first-order valence-corrected chi connectivity index (χ1v) is 30.1. The maximum Gasteiger partial charge on any atom is 0.243 e. The number of aliphatic imine (C=N–C) groups is 1. The Balaban J connectivity index is 5.67. The average Bonchev–Trinajstić information content (AvgIpc) is 3.38. The summed E-state index contributed by atoms with van der Waals surface area (Å²) in [4.78, 5) is 85.1. The maximum atomic E-state index is 14.2. The number of nitrogens with two attached hydrogens (primary N) is 4. The highest BCUT2D eigenvalue weighted by atomic mass is 16.2. The number of hydrogen-bond acceptors (Lipinski definition) is 9. The van der Waals surface area contributed by atoms with Gasteiger partial charge in [0.2, 0.25) is 35.4 Å². The van der Waals surface area contributed by atoms with E-state index in [1.807, 2.05) is 0 Å². The van der Waals surface area contributed by atoms with Gasteiger partial charge in [-0.3, -0.25) is 33.8 Å². The van der Waals surface area contributed by atoms with Crippen molar-refractivity contribution >= 4 is 41.4 Å². The summed E-state index contributed by atoms with van der Waals surface area (Å²) < 4.78 is 0. The topological polar surface area (TPSA) is 291 Å². The monoisotopic (exact) mass is 1050 g/mol. The first-order valence-electron chi connectivity index (χ1n) is 30.1. The zero-order chi connectivity index (χ0) is 54.7. The molecule has 0 aromatic carbocycles. The third-order valence-corrected chi connectivity index (χ3v) is 13.9. The number of hydrogen-bond donors (Lipinski definition) is 10. The molecular weight excluding hydrogens is 935 g/mol. The lowest BCUT2D eigenvalue weighted by Gasteiger charge is -2.26. The van der Waals surface area contributed by atoms with Gasteiger partial charge in [0.15, 0.2) is 5.96 Å². The quantitative estimate of drug-likeness (QED) is 0.0158. The van der Waals surface area contributed by atoms with Crippen molar-refractivity contribution < 1.29 is 28.8 Å². The Kier molecular flexibility index (Phi) is 48.4. The van der Waals surface area contributed by atoms with E-state index in [9.17, 15) is 28.8 Å². The summed E-state index contributed by atoms with van der Waals surface area (Å²) in [6.45, 7) is 5.99. The molecule has 4 atom stereocenters. The van der Waals surface area contributed by atoms with Gasteiger partial charge in [-0.05, 0) is 96.6 Å². The second kappa shape index (κ2) is 51.1. The van der Waals surface area contributed by atoms with Crippen molar-refractivity contribution in [2.24, 2.45) is 27.9 Å². The lowest BCUT2D eigenvalue weighted by molar-refractivity contribution is -0.135. The zero-order valence-corrected chi connectivity index (χ0v) is 47.4. The standard InChI is InChI=1S/C57H113N11O6/c1-4-6-8-10-12-14-16-18-20-22-24-26-28-41-51(69)63-45-35-32-39-48(65-52(70)42-29-27-25-23-21-19-17-15-13-11-9-7-5-2)54(72)67-49(38-31-34-44-59)55(73)68-50(40-36-46-64-57(60)61)56(74)66-47(53(71)62-3)37-30-33-43-58/h47-50H,4-46,58-59H2,1-3H3,(H,62,71)(H,63,69)(H,65,70)(H,66,74)(H,67,72)(H,68,73)(H4,60,61,64). The van der Waals surface area contributed by atoms with Gasteiger partial charge in [-0.25, -0.2) is 0 Å². The molecule has 6 amide bonds. The Morgan fingerprint density at radius 2 is 0.703 bits per heavy atom. The Morgan fingerprint density at radius 3 is 1.07 bits per heavy atom. The van der Waals surface area contributed by atoms with E-state index in [2.05, 4.69) is 50.7 Å². The Hall–Kier alpha value is -3.99. The molecule has 0 heterocycles. The normalized spacial score (nSPS) is 12.8. The highest BCUT2D eigenvalue weighted by molar-refractivity contribution is 5.95. The SMILES string of the molecule is CCCCCCCCCCCCCCCC(=O)NCCCCC(NC(=O)CCCCCCCCCCCCCCC)C(=O)NC(CCCCN)C(=O)NC(CCCN=C(N)N)C(=O)NC(CCCCN)C(=O)NC. The fraction of sp³-hybridized carbons (Fsp3) is 0.877. The van der Waals surface area contributed by atoms with Crippen molar-refractivity contribution in [1.29, 1.82) is 0 Å². The summed E-state index contributed by atoms with van der Waals surface area (Å²) in [5.74, 6) is -2.32. The Labute approximate surface area is 450 Å². The lowest BCUT2D eigenvalue weighted by Crippen LogP contribution is -2.58. The lowest BCUT2D eigenvalue weighted by atomic mass is 10.0. The van der Waals surface area contributed by atoms with Gasteiger partial charge in [0.25, 0.3) is 0 Å². The molecule has 17 heteroatoms. The van der Waals surface area contributed by atoms with Gasteiger partial charge in [-0.1, -0.05) is 168 Å². The van der Waals surface area contributed by atoms with Crippen LogP contribution >= 0.6 is 0 Å². The zero-order valence-electron chi connectivity index (χ0n) is 47.4. The molecule has 0 radical (unpaired) electrons. The van der Waals surface area contributed by atoms with Crippen LogP contribution in [0.15, 0.2) is 4.99 Å². The van der Waals surface area contributed by atoms with Crippen molar-refractivity contribution in [3.05, 3.63) is 0 Å². The number of rotatable bonds is 53. The predicted octanol–water partition coefficient (Wildman–Crippen LogP) is 8.23. The van der Waals surface area contributed by atoms with Crippen LogP contribution in [-0.4, -0.2) is 98.8 Å². The van der Waals surface area contributed by atoms with Gasteiger partial charge in [0.1, 0.15) is 24.2 Å². The van der Waals surface area contributed by atoms with Gasteiger partial charge in [-0.2, -0.15) is 0 Å². The minimum atomic E-state index is -1.08. The van der Waals surface area contributed by atoms with Gasteiger partial charge >= 0.3 is 0 Å². The van der Waals surface area contributed by atoms with E-state index in [-0.39, 0.29) is 49.5 Å². The van der Waals surface area contributed by atoms with Crippen molar-refractivity contribution in [1.82, 2.24) is 31.9 Å². The summed E-state index contributed by atoms with van der Waals surface area (Å²) in [5, 5.41) is 17.1. The molecule has 0 aliphatic carbocycles. The fourth-order valence-electron chi connectivity index (χ4n) is 9.22. The molecule has 74 heavy (non-hydrogen) atoms. The van der Waals surface area contributed by atoms with Crippen molar-refractivity contribution in [3.63, 3.8) is 0 Å². The molecule has 0 aliphatic heterocycles. The first kappa shape index (κ1) is 70.0. The molecule has 0 bridgehead atoms. The number of likely N-dealkylation sites (N-methyl/N-ethyl adjacent to an activating group) is 1. The van der Waals surface area contributed by atoms with Crippen LogP contribution in [0.2, 0.25) is 0 Å². The van der Waals surface area contributed by atoms with Crippen molar-refractivity contribution in [2.45, 2.75) is 288 Å². The van der Waals surface area contributed by atoms with Crippen molar-refractivity contribution in [2.75, 3.05) is 33.2 Å². The minimum absolute atomic E-state index is 0.0266. The first-order chi connectivity index (χ1) is 35.9. The van der Waals surface area contributed by atoms with Crippen molar-refractivity contribution in [3.8, 4) is 0 Å². The smallest absolute Gasteiger partial charge is 0.243 e. The van der Waals surface area contributed by atoms with E-state index < -0.39 is 41.9 Å². The molecule has 0 saturated heterocycles. The number of nitrogens with zero attached hydrogens (tertiary/aromatic N) is 1. The molecule has 4 unspecified atom stereocenters. The minimum Gasteiger partial charge on any atom is -0.370 e. The van der Waals surface area contributed by atoms with E-state index in [1.54, 1.807) is 0 Å².